The number of nitrogens with one attached hydrogen (secondary N) is 1. The standard InChI is InChI=1S/C16H13N3O2/c20-16(19-9-12-2-1-6-17-8-12)13-3-4-15(18-10-13)14-5-7-21-11-14/h1-8,10-11H,9H2,(H,19,20). The molecule has 0 saturated heterocycles. The number of rotatable bonds is 4. The van der Waals surface area contributed by atoms with Crippen LogP contribution in [0.3, 0.4) is 0 Å². The van der Waals surface area contributed by atoms with Crippen molar-refractivity contribution < 1.29 is 9.21 Å². The zero-order chi connectivity index (χ0) is 14.5. The van der Waals surface area contributed by atoms with Crippen LogP contribution in [0.15, 0.2) is 65.9 Å². The molecule has 0 saturated carbocycles. The van der Waals surface area contributed by atoms with Gasteiger partial charge in [-0.05, 0) is 29.8 Å². The van der Waals surface area contributed by atoms with Crippen LogP contribution in [-0.2, 0) is 6.54 Å². The quantitative estimate of drug-likeness (QED) is 0.797. The molecule has 0 aliphatic heterocycles. The zero-order valence-corrected chi connectivity index (χ0v) is 11.2. The fourth-order valence-corrected chi connectivity index (χ4v) is 1.90. The zero-order valence-electron chi connectivity index (χ0n) is 11.2. The van der Waals surface area contributed by atoms with E-state index in [2.05, 4.69) is 15.3 Å². The van der Waals surface area contributed by atoms with E-state index in [-0.39, 0.29) is 5.91 Å². The van der Waals surface area contributed by atoms with E-state index in [1.54, 1.807) is 43.2 Å². The van der Waals surface area contributed by atoms with E-state index in [1.165, 1.54) is 0 Å². The first-order chi connectivity index (χ1) is 10.3. The van der Waals surface area contributed by atoms with Gasteiger partial charge in [0, 0.05) is 30.7 Å². The minimum atomic E-state index is -0.162. The molecule has 5 nitrogen and oxygen atoms in total. The van der Waals surface area contributed by atoms with Crippen LogP contribution >= 0.6 is 0 Å². The molecule has 0 fully saturated rings. The monoisotopic (exact) mass is 279 g/mol. The second kappa shape index (κ2) is 6.00. The molecule has 0 spiro atoms. The lowest BCUT2D eigenvalue weighted by molar-refractivity contribution is 0.0950. The summed E-state index contributed by atoms with van der Waals surface area (Å²) in [5.41, 5.74) is 3.13. The number of amides is 1. The molecular weight excluding hydrogens is 266 g/mol. The van der Waals surface area contributed by atoms with Crippen LogP contribution in [0.25, 0.3) is 11.3 Å². The maximum absolute atomic E-state index is 12.0. The maximum atomic E-state index is 12.0. The van der Waals surface area contributed by atoms with Crippen molar-refractivity contribution in [2.45, 2.75) is 6.54 Å². The Labute approximate surface area is 121 Å². The first-order valence-electron chi connectivity index (χ1n) is 6.48. The molecule has 3 heterocycles. The summed E-state index contributed by atoms with van der Waals surface area (Å²) in [4.78, 5) is 20.3. The highest BCUT2D eigenvalue weighted by Gasteiger charge is 2.07. The van der Waals surface area contributed by atoms with Crippen molar-refractivity contribution in [2.75, 3.05) is 0 Å². The van der Waals surface area contributed by atoms with E-state index >= 15 is 0 Å². The fraction of sp³-hybridized carbons (Fsp3) is 0.0625. The number of carbonyl (C=O) groups is 1. The molecule has 5 heteroatoms. The highest BCUT2D eigenvalue weighted by molar-refractivity contribution is 5.94. The van der Waals surface area contributed by atoms with Gasteiger partial charge in [-0.1, -0.05) is 6.07 Å². The number of aromatic nitrogens is 2. The van der Waals surface area contributed by atoms with E-state index in [9.17, 15) is 4.79 Å². The molecular formula is C16H13N3O2. The average molecular weight is 279 g/mol. The van der Waals surface area contributed by atoms with Gasteiger partial charge < -0.3 is 9.73 Å². The van der Waals surface area contributed by atoms with E-state index in [0.717, 1.165) is 16.8 Å². The summed E-state index contributed by atoms with van der Waals surface area (Å²) in [6.07, 6.45) is 8.18. The largest absolute Gasteiger partial charge is 0.472 e. The first-order valence-corrected chi connectivity index (χ1v) is 6.48. The normalized spacial score (nSPS) is 10.3. The number of nitrogens with zero attached hydrogens (tertiary/aromatic N) is 2. The lowest BCUT2D eigenvalue weighted by Crippen LogP contribution is -2.22. The van der Waals surface area contributed by atoms with Crippen LogP contribution in [-0.4, -0.2) is 15.9 Å². The predicted molar refractivity (Wildman–Crippen MR) is 77.3 cm³/mol. The summed E-state index contributed by atoms with van der Waals surface area (Å²) in [6.45, 7) is 0.441. The number of hydrogen-bond donors (Lipinski definition) is 1. The van der Waals surface area contributed by atoms with Crippen molar-refractivity contribution in [3.8, 4) is 11.3 Å². The number of furan rings is 1. The minimum absolute atomic E-state index is 0.162. The molecule has 0 aromatic carbocycles. The third-order valence-electron chi connectivity index (χ3n) is 3.02. The Morgan fingerprint density at radius 3 is 2.81 bits per heavy atom. The van der Waals surface area contributed by atoms with Crippen LogP contribution in [0, 0.1) is 0 Å². The SMILES string of the molecule is O=C(NCc1cccnc1)c1ccc(-c2ccoc2)nc1. The second-order valence-electron chi connectivity index (χ2n) is 4.49. The number of pyridine rings is 2. The summed E-state index contributed by atoms with van der Waals surface area (Å²) >= 11 is 0. The van der Waals surface area contributed by atoms with Gasteiger partial charge in [0.25, 0.3) is 5.91 Å². The van der Waals surface area contributed by atoms with Gasteiger partial charge in [-0.3, -0.25) is 14.8 Å². The van der Waals surface area contributed by atoms with Gasteiger partial charge in [0.1, 0.15) is 0 Å². The van der Waals surface area contributed by atoms with Crippen LogP contribution in [0.1, 0.15) is 15.9 Å². The molecule has 3 aromatic heterocycles. The predicted octanol–water partition coefficient (Wildman–Crippen LogP) is 2.67. The fourth-order valence-electron chi connectivity index (χ4n) is 1.90. The van der Waals surface area contributed by atoms with Crippen molar-refractivity contribution in [3.63, 3.8) is 0 Å². The highest BCUT2D eigenvalue weighted by Crippen LogP contribution is 2.17. The van der Waals surface area contributed by atoms with Crippen LogP contribution in [0.2, 0.25) is 0 Å². The Bertz CT molecular complexity index is 707. The van der Waals surface area contributed by atoms with Gasteiger partial charge >= 0.3 is 0 Å². The van der Waals surface area contributed by atoms with E-state index in [0.29, 0.717) is 12.1 Å². The Balaban J connectivity index is 1.65. The van der Waals surface area contributed by atoms with E-state index in [1.807, 2.05) is 18.2 Å². The Hall–Kier alpha value is -2.95. The Kier molecular flexibility index (Phi) is 3.73. The van der Waals surface area contributed by atoms with E-state index < -0.39 is 0 Å². The van der Waals surface area contributed by atoms with E-state index in [4.69, 9.17) is 4.42 Å². The van der Waals surface area contributed by atoms with Crippen molar-refractivity contribution in [2.24, 2.45) is 0 Å². The highest BCUT2D eigenvalue weighted by atomic mass is 16.3. The summed E-state index contributed by atoms with van der Waals surface area (Å²) in [7, 11) is 0. The van der Waals surface area contributed by atoms with Gasteiger partial charge in [0.05, 0.1) is 23.8 Å². The van der Waals surface area contributed by atoms with Gasteiger partial charge in [-0.25, -0.2) is 0 Å². The molecule has 104 valence electrons. The molecule has 0 atom stereocenters. The van der Waals surface area contributed by atoms with Crippen molar-refractivity contribution in [1.29, 1.82) is 0 Å². The van der Waals surface area contributed by atoms with Crippen LogP contribution in [0.5, 0.6) is 0 Å². The molecule has 3 aromatic rings. The lowest BCUT2D eigenvalue weighted by Gasteiger charge is -2.05. The molecule has 1 N–H and O–H groups in total. The van der Waals surface area contributed by atoms with Crippen molar-refractivity contribution in [1.82, 2.24) is 15.3 Å². The minimum Gasteiger partial charge on any atom is -0.472 e. The van der Waals surface area contributed by atoms with Crippen molar-refractivity contribution in [3.05, 3.63) is 72.6 Å². The molecule has 0 aliphatic carbocycles. The molecule has 21 heavy (non-hydrogen) atoms. The molecule has 1 amide bonds. The summed E-state index contributed by atoms with van der Waals surface area (Å²) < 4.78 is 5.01. The number of carbonyl (C=O) groups excluding carboxylic acids is 1. The maximum Gasteiger partial charge on any atom is 0.253 e. The second-order valence-corrected chi connectivity index (χ2v) is 4.49. The van der Waals surface area contributed by atoms with Crippen LogP contribution in [0.4, 0.5) is 0 Å². The summed E-state index contributed by atoms with van der Waals surface area (Å²) in [5.74, 6) is -0.162. The lowest BCUT2D eigenvalue weighted by atomic mass is 10.2. The third kappa shape index (κ3) is 3.14. The Morgan fingerprint density at radius 2 is 2.14 bits per heavy atom. The van der Waals surface area contributed by atoms with Gasteiger partial charge in [0.2, 0.25) is 0 Å². The molecule has 0 aliphatic rings. The van der Waals surface area contributed by atoms with Gasteiger partial charge in [-0.15, -0.1) is 0 Å². The summed E-state index contributed by atoms with van der Waals surface area (Å²) in [5, 5.41) is 2.83. The van der Waals surface area contributed by atoms with Gasteiger partial charge in [0.15, 0.2) is 0 Å². The number of hydrogen-bond acceptors (Lipinski definition) is 4. The smallest absolute Gasteiger partial charge is 0.253 e. The third-order valence-corrected chi connectivity index (χ3v) is 3.02. The average Bonchev–Trinajstić information content (AvgIpc) is 3.08. The topological polar surface area (TPSA) is 68.0 Å². The van der Waals surface area contributed by atoms with Crippen LogP contribution < -0.4 is 5.32 Å². The first kappa shape index (κ1) is 13.1. The summed E-state index contributed by atoms with van der Waals surface area (Å²) in [6, 6.07) is 9.11. The van der Waals surface area contributed by atoms with Gasteiger partial charge in [-0.2, -0.15) is 0 Å². The molecule has 0 radical (unpaired) electrons. The molecule has 0 unspecified atom stereocenters. The molecule has 3 rings (SSSR count). The molecule has 0 bridgehead atoms. The van der Waals surface area contributed by atoms with Crippen molar-refractivity contribution >= 4 is 5.91 Å². The Morgan fingerprint density at radius 1 is 1.19 bits per heavy atom.